The third-order valence-corrected chi connectivity index (χ3v) is 5.37. The predicted octanol–water partition coefficient (Wildman–Crippen LogP) is 2.61. The fourth-order valence-corrected chi connectivity index (χ4v) is 3.86. The molecule has 180 valence electrons. The van der Waals surface area contributed by atoms with Gasteiger partial charge in [0.15, 0.2) is 11.2 Å². The summed E-state index contributed by atoms with van der Waals surface area (Å²) >= 11 is 0. The van der Waals surface area contributed by atoms with Gasteiger partial charge < -0.3 is 9.88 Å². The predicted molar refractivity (Wildman–Crippen MR) is 130 cm³/mol. The minimum Gasteiger partial charge on any atom is -0.324 e. The highest BCUT2D eigenvalue weighted by Crippen LogP contribution is 2.17. The van der Waals surface area contributed by atoms with Crippen molar-refractivity contribution in [2.75, 3.05) is 5.32 Å². The van der Waals surface area contributed by atoms with Crippen LogP contribution < -0.4 is 16.6 Å². The molecule has 2 heterocycles. The number of nitro benzene ring substituents is 1. The zero-order chi connectivity index (χ0) is 25.1. The van der Waals surface area contributed by atoms with E-state index in [2.05, 4.69) is 10.3 Å². The fourth-order valence-electron chi connectivity index (χ4n) is 3.86. The molecule has 11 nitrogen and oxygen atoms in total. The molecule has 0 aliphatic rings. The topological polar surface area (TPSA) is 134 Å². The van der Waals surface area contributed by atoms with E-state index in [0.29, 0.717) is 6.54 Å². The number of nitrogens with zero attached hydrogens (tertiary/aromatic N) is 5. The van der Waals surface area contributed by atoms with E-state index < -0.39 is 28.6 Å². The van der Waals surface area contributed by atoms with Crippen molar-refractivity contribution in [3.05, 3.63) is 97.4 Å². The van der Waals surface area contributed by atoms with Crippen LogP contribution in [0.25, 0.3) is 11.2 Å². The highest BCUT2D eigenvalue weighted by Gasteiger charge is 2.20. The van der Waals surface area contributed by atoms with Crippen LogP contribution in [-0.4, -0.2) is 29.5 Å². The number of amides is 1. The van der Waals surface area contributed by atoms with Gasteiger partial charge in [-0.3, -0.25) is 24.3 Å². The van der Waals surface area contributed by atoms with Crippen molar-refractivity contribution in [1.82, 2.24) is 18.7 Å². The van der Waals surface area contributed by atoms with Crippen LogP contribution in [0.15, 0.2) is 70.5 Å². The normalized spacial score (nSPS) is 11.2. The van der Waals surface area contributed by atoms with Crippen LogP contribution >= 0.6 is 0 Å². The number of rotatable bonds is 8. The van der Waals surface area contributed by atoms with Crippen molar-refractivity contribution in [3.63, 3.8) is 0 Å². The van der Waals surface area contributed by atoms with E-state index in [-0.39, 0.29) is 35.0 Å². The summed E-state index contributed by atoms with van der Waals surface area (Å²) in [6.07, 6.45) is 1.53. The van der Waals surface area contributed by atoms with E-state index in [0.717, 1.165) is 10.1 Å². The van der Waals surface area contributed by atoms with Crippen LogP contribution in [0.5, 0.6) is 0 Å². The molecule has 0 saturated carbocycles. The molecule has 1 N–H and O–H groups in total. The number of anilines is 1. The van der Waals surface area contributed by atoms with Crippen molar-refractivity contribution >= 4 is 28.4 Å². The first-order valence-corrected chi connectivity index (χ1v) is 11.0. The summed E-state index contributed by atoms with van der Waals surface area (Å²) in [6.45, 7) is 4.11. The van der Waals surface area contributed by atoms with Gasteiger partial charge in [0.25, 0.3) is 11.2 Å². The highest BCUT2D eigenvalue weighted by atomic mass is 16.6. The molecule has 0 aliphatic carbocycles. The van der Waals surface area contributed by atoms with Crippen LogP contribution in [0.2, 0.25) is 0 Å². The van der Waals surface area contributed by atoms with Gasteiger partial charge in [0, 0.05) is 24.4 Å². The number of aromatic nitrogens is 4. The Kier molecular flexibility index (Phi) is 6.58. The highest BCUT2D eigenvalue weighted by molar-refractivity contribution is 5.91. The van der Waals surface area contributed by atoms with Gasteiger partial charge in [0.1, 0.15) is 6.54 Å². The number of hydrogen-bond donors (Lipinski definition) is 1. The molecule has 2 aromatic carbocycles. The second-order valence-corrected chi connectivity index (χ2v) is 8.56. The third kappa shape index (κ3) is 5.03. The average molecular weight is 476 g/mol. The summed E-state index contributed by atoms with van der Waals surface area (Å²) in [7, 11) is 0. The van der Waals surface area contributed by atoms with Gasteiger partial charge in [-0.05, 0) is 17.5 Å². The second-order valence-electron chi connectivity index (χ2n) is 8.56. The van der Waals surface area contributed by atoms with Crippen LogP contribution in [0.1, 0.15) is 19.4 Å². The van der Waals surface area contributed by atoms with Crippen molar-refractivity contribution in [1.29, 1.82) is 0 Å². The Morgan fingerprint density at radius 1 is 1.09 bits per heavy atom. The first kappa shape index (κ1) is 23.6. The largest absolute Gasteiger partial charge is 0.333 e. The van der Waals surface area contributed by atoms with Gasteiger partial charge in [-0.2, -0.15) is 0 Å². The van der Waals surface area contributed by atoms with E-state index in [1.165, 1.54) is 35.2 Å². The maximum Gasteiger partial charge on any atom is 0.333 e. The first-order valence-electron chi connectivity index (χ1n) is 11.0. The Morgan fingerprint density at radius 2 is 1.83 bits per heavy atom. The molecule has 35 heavy (non-hydrogen) atoms. The lowest BCUT2D eigenvalue weighted by atomic mass is 10.2. The number of nitrogens with one attached hydrogen (secondary N) is 1. The summed E-state index contributed by atoms with van der Waals surface area (Å²) in [5.74, 6) is -0.447. The monoisotopic (exact) mass is 476 g/mol. The van der Waals surface area contributed by atoms with Crippen LogP contribution in [0.3, 0.4) is 0 Å². The molecule has 1 amide bonds. The van der Waals surface area contributed by atoms with Crippen LogP contribution in [0.4, 0.5) is 11.4 Å². The minimum atomic E-state index is -0.671. The fraction of sp³-hybridized carbons (Fsp3) is 0.250. The van der Waals surface area contributed by atoms with E-state index in [4.69, 9.17) is 0 Å². The lowest BCUT2D eigenvalue weighted by Crippen LogP contribution is -2.43. The molecule has 0 radical (unpaired) electrons. The Morgan fingerprint density at radius 3 is 2.51 bits per heavy atom. The lowest BCUT2D eigenvalue weighted by molar-refractivity contribution is -0.384. The third-order valence-electron chi connectivity index (χ3n) is 5.37. The maximum atomic E-state index is 13.4. The molecule has 4 rings (SSSR count). The minimum absolute atomic E-state index is 0.168. The summed E-state index contributed by atoms with van der Waals surface area (Å²) in [5.41, 5.74) is 0.0201. The van der Waals surface area contributed by atoms with Gasteiger partial charge in [0.05, 0.1) is 17.8 Å². The van der Waals surface area contributed by atoms with Crippen LogP contribution in [-0.2, 0) is 24.4 Å². The van der Waals surface area contributed by atoms with E-state index in [9.17, 15) is 24.5 Å². The molecular weight excluding hydrogens is 452 g/mol. The molecule has 0 unspecified atom stereocenters. The quantitative estimate of drug-likeness (QED) is 0.307. The smallest absolute Gasteiger partial charge is 0.324 e. The molecule has 0 spiro atoms. The summed E-state index contributed by atoms with van der Waals surface area (Å²) < 4.78 is 3.94. The van der Waals surface area contributed by atoms with Gasteiger partial charge in [-0.1, -0.05) is 50.2 Å². The molecule has 0 atom stereocenters. The number of nitro groups is 1. The van der Waals surface area contributed by atoms with Crippen LogP contribution in [0, 0.1) is 16.0 Å². The Labute approximate surface area is 199 Å². The SMILES string of the molecule is CC(C)Cn1cnc2c1c(=O)n(CC(=O)Nc1cccc([N+](=O)[O-])c1)c(=O)n2Cc1ccccc1. The zero-order valence-corrected chi connectivity index (χ0v) is 19.2. The van der Waals surface area contributed by atoms with E-state index >= 15 is 0 Å². The van der Waals surface area contributed by atoms with Crippen molar-refractivity contribution in [3.8, 4) is 0 Å². The molecule has 0 saturated heterocycles. The number of fused-ring (bicyclic) bond motifs is 1. The molecule has 4 aromatic rings. The number of non-ortho nitro benzene ring substituents is 1. The molecule has 0 aliphatic heterocycles. The average Bonchev–Trinajstić information content (AvgIpc) is 3.23. The number of hydrogen-bond acceptors (Lipinski definition) is 6. The van der Waals surface area contributed by atoms with Gasteiger partial charge in [-0.15, -0.1) is 0 Å². The van der Waals surface area contributed by atoms with Gasteiger partial charge in [-0.25, -0.2) is 14.3 Å². The van der Waals surface area contributed by atoms with E-state index in [1.54, 1.807) is 4.57 Å². The van der Waals surface area contributed by atoms with Gasteiger partial charge in [0.2, 0.25) is 5.91 Å². The van der Waals surface area contributed by atoms with Crippen molar-refractivity contribution < 1.29 is 9.72 Å². The number of imidazole rings is 1. The zero-order valence-electron chi connectivity index (χ0n) is 19.2. The van der Waals surface area contributed by atoms with Crippen molar-refractivity contribution in [2.24, 2.45) is 5.92 Å². The summed E-state index contributed by atoms with van der Waals surface area (Å²) in [5, 5.41) is 13.5. The molecule has 0 fully saturated rings. The Balaban J connectivity index is 1.77. The Hall–Kier alpha value is -4.54. The molecular formula is C24H24N6O5. The van der Waals surface area contributed by atoms with Crippen molar-refractivity contribution in [2.45, 2.75) is 33.5 Å². The summed E-state index contributed by atoms with van der Waals surface area (Å²) in [4.78, 5) is 54.3. The first-order chi connectivity index (χ1) is 16.7. The lowest BCUT2D eigenvalue weighted by Gasteiger charge is -2.13. The van der Waals surface area contributed by atoms with E-state index in [1.807, 2.05) is 44.2 Å². The molecule has 0 bridgehead atoms. The molecule has 11 heteroatoms. The Bertz CT molecular complexity index is 1520. The standard InChI is InChI=1S/C24H24N6O5/c1-16(2)12-27-15-25-22-21(27)23(32)29(24(33)28(22)13-17-7-4-3-5-8-17)14-20(31)26-18-9-6-10-19(11-18)30(34)35/h3-11,15-16H,12-14H2,1-2H3,(H,26,31). The second kappa shape index (κ2) is 9.75. The maximum absolute atomic E-state index is 13.4. The summed E-state index contributed by atoms with van der Waals surface area (Å²) in [6, 6.07) is 14.7. The number of carbonyl (C=O) groups is 1. The van der Waals surface area contributed by atoms with Gasteiger partial charge >= 0.3 is 5.69 Å². The number of carbonyl (C=O) groups excluding carboxylic acids is 1. The number of benzene rings is 2. The molecule has 2 aromatic heterocycles.